The first-order chi connectivity index (χ1) is 53.5. The molecule has 37 heteroatoms. The number of halogens is 9. The van der Waals surface area contributed by atoms with E-state index in [2.05, 4.69) is 130 Å². The van der Waals surface area contributed by atoms with Crippen molar-refractivity contribution in [3.05, 3.63) is 169 Å². The molecule has 4 saturated heterocycles. The van der Waals surface area contributed by atoms with Crippen molar-refractivity contribution < 1.29 is 183 Å². The second kappa shape index (κ2) is 50.5. The number of aromatic nitrogens is 8. The van der Waals surface area contributed by atoms with Crippen LogP contribution < -0.4 is 190 Å². The van der Waals surface area contributed by atoms with Crippen molar-refractivity contribution >= 4 is 161 Å². The van der Waals surface area contributed by atoms with E-state index >= 15 is 0 Å². The standard InChI is InChI=1S/C23H30Cl2N4O2.C18H22Cl2N4.C16H25BrN4O2.C11H22N2O2.C6H5Cl2N.C5H4BrClN2.CH2O3.2Cs.H/c1-15-18(13-16-7-6-8-17(24)20(16)25)26-14-19(27-15)29-11-9-23(5,10-12-29)28-21(30)31-22(2,3)4;1-12-15(10-13-4-3-5-14(19)17(13)20)22-11-16(23-12)24-8-6-18(2,21)7-9-24;1-11-13(17)18-10-12(19-11)21-8-6-16(5,7-9-21)20-14(22)23-15(2,3)4;1-10(2,3)15-9(14)13-11(4)5-7-12-8-6-11;7-4-2-1-3-5(9)6(4)8;1-3-5(6)8-2-4(7)9-3;2-1-4-3;;;/h6-8,14H,9-13H2,1-5H3,(H,28,30);3-5,11H,6-10,21H2,1-2H3;10H,6-9H2,1-5H3,(H,20,22);12H,5-8H2,1-4H3,(H,13,14);1-3H,9H2;2H,1H3;1,3H;;;/q;;;;;;;2*+1;-1/p-1. The van der Waals surface area contributed by atoms with Gasteiger partial charge in [0.25, 0.3) is 6.47 Å². The number of alkyl carbamates (subject to hydrolysis) is 3. The number of rotatable bonds is 11. The van der Waals surface area contributed by atoms with Crippen LogP contribution in [0.5, 0.6) is 0 Å². The summed E-state index contributed by atoms with van der Waals surface area (Å²) < 4.78 is 17.5. The number of amides is 3. The Hall–Kier alpha value is -2.57. The Morgan fingerprint density at radius 3 is 1.12 bits per heavy atom. The van der Waals surface area contributed by atoms with Gasteiger partial charge in [-0.05, 0) is 249 Å². The van der Waals surface area contributed by atoms with E-state index in [-0.39, 0.29) is 186 Å². The van der Waals surface area contributed by atoms with Crippen molar-refractivity contribution in [3.8, 4) is 0 Å². The number of anilines is 4. The van der Waals surface area contributed by atoms with Crippen LogP contribution in [0.25, 0.3) is 0 Å². The summed E-state index contributed by atoms with van der Waals surface area (Å²) in [6.07, 6.45) is 14.2. The van der Waals surface area contributed by atoms with Crippen molar-refractivity contribution in [2.45, 2.75) is 221 Å². The summed E-state index contributed by atoms with van der Waals surface area (Å²) in [6, 6.07) is 16.4. The van der Waals surface area contributed by atoms with E-state index in [1.165, 1.54) is 6.20 Å². The summed E-state index contributed by atoms with van der Waals surface area (Å²) >= 11 is 48.1. The van der Waals surface area contributed by atoms with Crippen LogP contribution in [0.15, 0.2) is 88.6 Å². The topological polar surface area (TPSA) is 341 Å². The van der Waals surface area contributed by atoms with Crippen LogP contribution in [0.1, 0.15) is 188 Å². The minimum Gasteiger partial charge on any atom is -1.00 e. The number of hydrogen-bond acceptors (Lipinski definition) is 23. The number of aryl methyl sites for hydroxylation is 4. The fourth-order valence-corrected chi connectivity index (χ4v) is 13.3. The molecule has 0 radical (unpaired) electrons. The van der Waals surface area contributed by atoms with Gasteiger partial charge in [0, 0.05) is 74.3 Å². The van der Waals surface area contributed by atoms with E-state index in [1.807, 2.05) is 127 Å². The van der Waals surface area contributed by atoms with Crippen molar-refractivity contribution in [1.29, 1.82) is 0 Å². The Labute approximate surface area is 860 Å². The molecule has 0 saturated carbocycles. The molecule has 117 heavy (non-hydrogen) atoms. The number of ether oxygens (including phenoxy) is 3. The molecule has 0 bridgehead atoms. The number of carbonyl (C=O) groups excluding carboxylic acids is 4. The van der Waals surface area contributed by atoms with Gasteiger partial charge in [0.05, 0.1) is 94.8 Å². The van der Waals surface area contributed by atoms with E-state index in [0.29, 0.717) is 53.8 Å². The summed E-state index contributed by atoms with van der Waals surface area (Å²) in [5.74, 6) is 2.65. The second-order valence-electron chi connectivity index (χ2n) is 32.2. The molecule has 11 rings (SSSR count). The predicted octanol–water partition coefficient (Wildman–Crippen LogP) is 12.0. The maximum absolute atomic E-state index is 12.2. The summed E-state index contributed by atoms with van der Waals surface area (Å²) in [4.78, 5) is 89.1. The quantitative estimate of drug-likeness (QED) is 0.0230. The molecule has 3 aromatic carbocycles. The molecule has 3 amide bonds. The Kier molecular flexibility index (Phi) is 46.9. The summed E-state index contributed by atoms with van der Waals surface area (Å²) in [7, 11) is 0. The van der Waals surface area contributed by atoms with Crippen molar-refractivity contribution in [2.75, 3.05) is 72.8 Å². The van der Waals surface area contributed by atoms with Crippen LogP contribution in [0.3, 0.4) is 0 Å². The van der Waals surface area contributed by atoms with E-state index in [0.717, 1.165) is 176 Å². The van der Waals surface area contributed by atoms with Gasteiger partial charge in [-0.3, -0.25) is 14.8 Å². The Morgan fingerprint density at radius 1 is 0.504 bits per heavy atom. The Morgan fingerprint density at radius 2 is 0.812 bits per heavy atom. The van der Waals surface area contributed by atoms with Crippen LogP contribution in [0.2, 0.25) is 35.3 Å². The third kappa shape index (κ3) is 39.7. The number of hydrogen-bond donors (Lipinski definition) is 6. The molecule has 0 spiro atoms. The molecule has 0 atom stereocenters. The number of piperidine rings is 4. The zero-order valence-electron chi connectivity index (χ0n) is 71.5. The van der Waals surface area contributed by atoms with Crippen molar-refractivity contribution in [1.82, 2.24) is 61.1 Å². The molecule has 7 aromatic rings. The van der Waals surface area contributed by atoms with Crippen molar-refractivity contribution in [3.63, 3.8) is 0 Å². The molecular formula is C80H110Br2Cl7Cs2N17O9. The summed E-state index contributed by atoms with van der Waals surface area (Å²) in [6.45, 7) is 39.6. The van der Waals surface area contributed by atoms with Crippen LogP contribution in [-0.2, 0) is 36.7 Å². The van der Waals surface area contributed by atoms with Gasteiger partial charge in [0.15, 0.2) is 0 Å². The van der Waals surface area contributed by atoms with Crippen LogP contribution in [0, 0.1) is 27.7 Å². The fourth-order valence-electron chi connectivity index (χ4n) is 11.6. The van der Waals surface area contributed by atoms with Crippen LogP contribution >= 0.6 is 113 Å². The maximum Gasteiger partial charge on any atom is 1.00 e. The molecule has 4 aliphatic heterocycles. The SMILES string of the molecule is CC1(NC(=O)OC(C)(C)C)CCNCC1.Cc1nc(Cl)cnc1Br.Cc1nc(N2CCC(C)(N)CC2)cnc1Cc1cccc(Cl)c1Cl.Cc1nc(N2CCC(C)(NC(=O)OC(C)(C)C)CC2)cnc1Br.Cc1nc(N2CCC(C)(NC(=O)OC(C)(C)C)CC2)cnc1Cc1cccc(Cl)c1Cl.Nc1cccc(Cl)c1Cl.O=CO[O-].[Cs+].[Cs+].[H-]. The molecule has 634 valence electrons. The van der Waals surface area contributed by atoms with E-state index < -0.39 is 16.8 Å². The predicted molar refractivity (Wildman–Crippen MR) is 468 cm³/mol. The molecule has 8 N–H and O–H groups in total. The first-order valence-electron chi connectivity index (χ1n) is 37.4. The number of nitrogen functional groups attached to an aromatic ring is 1. The van der Waals surface area contributed by atoms with Gasteiger partial charge < -0.3 is 73.2 Å². The second-order valence-corrected chi connectivity index (χ2v) is 36.5. The van der Waals surface area contributed by atoms with Gasteiger partial charge in [-0.15, -0.1) is 0 Å². The molecule has 26 nitrogen and oxygen atoms in total. The van der Waals surface area contributed by atoms with E-state index in [1.54, 1.807) is 36.5 Å². The van der Waals surface area contributed by atoms with Gasteiger partial charge in [0.1, 0.15) is 48.6 Å². The van der Waals surface area contributed by atoms with E-state index in [9.17, 15) is 14.4 Å². The number of benzene rings is 3. The third-order valence-electron chi connectivity index (χ3n) is 18.3. The van der Waals surface area contributed by atoms with Gasteiger partial charge in [0.2, 0.25) is 0 Å². The molecule has 0 aliphatic carbocycles. The molecule has 0 unspecified atom stereocenters. The maximum atomic E-state index is 12.2. The summed E-state index contributed by atoms with van der Waals surface area (Å²) in [5.41, 5.74) is 17.1. The smallest absolute Gasteiger partial charge is 1.00 e. The number of nitrogens with two attached hydrogens (primary N) is 2. The van der Waals surface area contributed by atoms with Gasteiger partial charge in [-0.2, -0.15) is 0 Å². The fraction of sp³-hybridized carbons (Fsp3) is 0.525. The molecule has 4 aromatic heterocycles. The van der Waals surface area contributed by atoms with Gasteiger partial charge in [-0.25, -0.2) is 44.3 Å². The molecule has 4 fully saturated rings. The number of nitrogens with one attached hydrogen (secondary N) is 4. The largest absolute Gasteiger partial charge is 1.00 e. The normalized spacial score (nSPS) is 15.6. The van der Waals surface area contributed by atoms with Gasteiger partial charge in [-0.1, -0.05) is 112 Å². The zero-order chi connectivity index (χ0) is 86.0. The first-order valence-corrected chi connectivity index (χ1v) is 41.6. The first kappa shape index (κ1) is 109. The number of carbonyl (C=O) groups is 4. The van der Waals surface area contributed by atoms with Crippen LogP contribution in [-0.4, -0.2) is 156 Å². The molecule has 4 aliphatic rings. The summed E-state index contributed by atoms with van der Waals surface area (Å²) in [5, 5.41) is 24.3. The average molecular weight is 2130 g/mol. The minimum absolute atomic E-state index is 0. The monoisotopic (exact) mass is 2120 g/mol. The minimum atomic E-state index is -0.509. The van der Waals surface area contributed by atoms with Crippen LogP contribution in [0.4, 0.5) is 37.5 Å². The Bertz CT molecular complexity index is 4340. The van der Waals surface area contributed by atoms with E-state index in [4.69, 9.17) is 127 Å². The van der Waals surface area contributed by atoms with Gasteiger partial charge >= 0.3 is 156 Å². The average Bonchev–Trinajstić information content (AvgIpc) is 0.876. The molecule has 8 heterocycles. The van der Waals surface area contributed by atoms with Crippen molar-refractivity contribution in [2.24, 2.45) is 5.73 Å². The molecular weight excluding hydrogens is 2020 g/mol. The Balaban J connectivity index is 0.000000494. The third-order valence-corrected chi connectivity index (χ3v) is 22.6. The zero-order valence-corrected chi connectivity index (χ0v) is 91.5. The number of nitrogens with zero attached hydrogens (tertiary/aromatic N) is 11.